The topological polar surface area (TPSA) is 113 Å². The molecule has 5 N–H and O–H groups in total. The third-order valence-electron chi connectivity index (χ3n) is 1.99. The normalized spacial score (nSPS) is 9.88. The van der Waals surface area contributed by atoms with E-state index in [4.69, 9.17) is 5.73 Å². The first-order chi connectivity index (χ1) is 7.56. The standard InChI is InChI=1S/C9H15N5O2/c1-3-11-6(15)4-12-9(16)8-7(10)5(2)13-14-8/h3-4,10H2,1-2H3,(H,11,15)(H,12,16)(H,13,14). The number of nitrogens with zero attached hydrogens (tertiary/aromatic N) is 1. The number of H-pyrrole nitrogens is 1. The van der Waals surface area contributed by atoms with Crippen molar-refractivity contribution in [1.82, 2.24) is 20.8 Å². The first kappa shape index (κ1) is 12.0. The highest BCUT2D eigenvalue weighted by Gasteiger charge is 2.15. The Bertz CT molecular complexity index is 399. The van der Waals surface area contributed by atoms with E-state index in [0.29, 0.717) is 17.9 Å². The molecule has 0 bridgehead atoms. The average Bonchev–Trinajstić information content (AvgIpc) is 2.57. The number of nitrogens with one attached hydrogen (secondary N) is 3. The first-order valence-corrected chi connectivity index (χ1v) is 4.91. The lowest BCUT2D eigenvalue weighted by Crippen LogP contribution is -2.37. The van der Waals surface area contributed by atoms with Gasteiger partial charge in [0.2, 0.25) is 5.91 Å². The van der Waals surface area contributed by atoms with Crippen molar-refractivity contribution in [3.8, 4) is 0 Å². The van der Waals surface area contributed by atoms with E-state index < -0.39 is 5.91 Å². The molecule has 0 unspecified atom stereocenters. The van der Waals surface area contributed by atoms with Crippen molar-refractivity contribution in [2.45, 2.75) is 13.8 Å². The van der Waals surface area contributed by atoms with Gasteiger partial charge < -0.3 is 16.4 Å². The van der Waals surface area contributed by atoms with Gasteiger partial charge in [-0.05, 0) is 13.8 Å². The van der Waals surface area contributed by atoms with Crippen molar-refractivity contribution in [3.05, 3.63) is 11.4 Å². The van der Waals surface area contributed by atoms with Crippen molar-refractivity contribution in [2.75, 3.05) is 18.8 Å². The van der Waals surface area contributed by atoms with E-state index in [9.17, 15) is 9.59 Å². The zero-order chi connectivity index (χ0) is 12.1. The van der Waals surface area contributed by atoms with Crippen LogP contribution < -0.4 is 16.4 Å². The van der Waals surface area contributed by atoms with Crippen LogP contribution in [0.5, 0.6) is 0 Å². The molecule has 0 saturated heterocycles. The number of aryl methyl sites for hydroxylation is 1. The lowest BCUT2D eigenvalue weighted by molar-refractivity contribution is -0.120. The van der Waals surface area contributed by atoms with Gasteiger partial charge in [-0.3, -0.25) is 14.7 Å². The number of amides is 2. The Morgan fingerprint density at radius 1 is 1.44 bits per heavy atom. The van der Waals surface area contributed by atoms with Gasteiger partial charge in [0.15, 0.2) is 5.69 Å². The molecule has 88 valence electrons. The lowest BCUT2D eigenvalue weighted by Gasteiger charge is -2.03. The number of rotatable bonds is 4. The predicted molar refractivity (Wildman–Crippen MR) is 58.8 cm³/mol. The average molecular weight is 225 g/mol. The number of carbonyl (C=O) groups is 2. The Hall–Kier alpha value is -2.05. The zero-order valence-electron chi connectivity index (χ0n) is 9.26. The second kappa shape index (κ2) is 5.15. The van der Waals surface area contributed by atoms with Crippen molar-refractivity contribution in [2.24, 2.45) is 0 Å². The third kappa shape index (κ3) is 2.72. The quantitative estimate of drug-likeness (QED) is 0.535. The molecule has 0 fully saturated rings. The molecular formula is C9H15N5O2. The Morgan fingerprint density at radius 3 is 2.62 bits per heavy atom. The highest BCUT2D eigenvalue weighted by atomic mass is 16.2. The maximum atomic E-state index is 11.5. The molecule has 0 aliphatic carbocycles. The van der Waals surface area contributed by atoms with Gasteiger partial charge in [-0.25, -0.2) is 0 Å². The van der Waals surface area contributed by atoms with E-state index in [1.54, 1.807) is 13.8 Å². The van der Waals surface area contributed by atoms with Crippen molar-refractivity contribution in [1.29, 1.82) is 0 Å². The Balaban J connectivity index is 2.53. The molecule has 2 amide bonds. The van der Waals surface area contributed by atoms with E-state index in [2.05, 4.69) is 20.8 Å². The minimum Gasteiger partial charge on any atom is -0.395 e. The van der Waals surface area contributed by atoms with Gasteiger partial charge in [-0.1, -0.05) is 0 Å². The number of aromatic nitrogens is 2. The number of nitrogen functional groups attached to an aromatic ring is 1. The minimum absolute atomic E-state index is 0.0853. The number of carbonyl (C=O) groups excluding carboxylic acids is 2. The van der Waals surface area contributed by atoms with E-state index in [1.807, 2.05) is 0 Å². The highest BCUT2D eigenvalue weighted by Crippen LogP contribution is 2.11. The van der Waals surface area contributed by atoms with Crippen LogP contribution in [0.15, 0.2) is 0 Å². The largest absolute Gasteiger partial charge is 0.395 e. The Morgan fingerprint density at radius 2 is 2.12 bits per heavy atom. The fourth-order valence-electron chi connectivity index (χ4n) is 1.11. The van der Waals surface area contributed by atoms with Crippen LogP contribution in [0.1, 0.15) is 23.1 Å². The minimum atomic E-state index is -0.465. The summed E-state index contributed by atoms with van der Waals surface area (Å²) in [5, 5.41) is 11.3. The monoisotopic (exact) mass is 225 g/mol. The Labute approximate surface area is 92.8 Å². The summed E-state index contributed by atoms with van der Waals surface area (Å²) in [4.78, 5) is 22.6. The molecule has 0 radical (unpaired) electrons. The fraction of sp³-hybridized carbons (Fsp3) is 0.444. The van der Waals surface area contributed by atoms with Crippen LogP contribution in [-0.2, 0) is 4.79 Å². The summed E-state index contributed by atoms with van der Waals surface area (Å²) in [7, 11) is 0. The van der Waals surface area contributed by atoms with E-state index >= 15 is 0 Å². The van der Waals surface area contributed by atoms with E-state index in [0.717, 1.165) is 0 Å². The summed E-state index contributed by atoms with van der Waals surface area (Å²) in [6, 6.07) is 0. The van der Waals surface area contributed by atoms with Crippen molar-refractivity contribution < 1.29 is 9.59 Å². The lowest BCUT2D eigenvalue weighted by atomic mass is 10.3. The molecule has 16 heavy (non-hydrogen) atoms. The van der Waals surface area contributed by atoms with Gasteiger partial charge >= 0.3 is 0 Å². The number of aromatic amines is 1. The van der Waals surface area contributed by atoms with Crippen LogP contribution in [0.25, 0.3) is 0 Å². The molecule has 1 aromatic rings. The molecule has 7 heteroatoms. The number of hydrogen-bond donors (Lipinski definition) is 4. The summed E-state index contributed by atoms with van der Waals surface area (Å²) in [5.74, 6) is -0.713. The number of anilines is 1. The van der Waals surface area contributed by atoms with Crippen LogP contribution in [0, 0.1) is 6.92 Å². The van der Waals surface area contributed by atoms with Crippen LogP contribution in [0.2, 0.25) is 0 Å². The molecule has 0 aliphatic rings. The molecule has 0 atom stereocenters. The summed E-state index contributed by atoms with van der Waals surface area (Å²) in [6.45, 7) is 3.95. The molecule has 7 nitrogen and oxygen atoms in total. The van der Waals surface area contributed by atoms with Crippen LogP contribution >= 0.6 is 0 Å². The molecular weight excluding hydrogens is 210 g/mol. The van der Waals surface area contributed by atoms with Crippen molar-refractivity contribution >= 4 is 17.5 Å². The fourth-order valence-corrected chi connectivity index (χ4v) is 1.11. The maximum absolute atomic E-state index is 11.5. The Kier molecular flexibility index (Phi) is 3.87. The predicted octanol–water partition coefficient (Wildman–Crippen LogP) is -0.834. The highest BCUT2D eigenvalue weighted by molar-refractivity contribution is 5.99. The zero-order valence-corrected chi connectivity index (χ0v) is 9.26. The molecule has 0 saturated carbocycles. The van der Waals surface area contributed by atoms with E-state index in [1.165, 1.54) is 0 Å². The number of nitrogens with two attached hydrogens (primary N) is 1. The number of likely N-dealkylation sites (N-methyl/N-ethyl adjacent to an activating group) is 1. The molecule has 0 spiro atoms. The summed E-state index contributed by atoms with van der Waals surface area (Å²) in [5.41, 5.74) is 6.65. The van der Waals surface area contributed by atoms with Crippen LogP contribution in [-0.4, -0.2) is 35.1 Å². The van der Waals surface area contributed by atoms with Gasteiger partial charge in [0.25, 0.3) is 5.91 Å². The smallest absolute Gasteiger partial charge is 0.274 e. The molecule has 1 heterocycles. The maximum Gasteiger partial charge on any atom is 0.274 e. The van der Waals surface area contributed by atoms with Gasteiger partial charge in [0.05, 0.1) is 17.9 Å². The second-order valence-electron chi connectivity index (χ2n) is 3.25. The first-order valence-electron chi connectivity index (χ1n) is 4.91. The summed E-state index contributed by atoms with van der Waals surface area (Å²) < 4.78 is 0. The third-order valence-corrected chi connectivity index (χ3v) is 1.99. The molecule has 1 rings (SSSR count). The van der Waals surface area contributed by atoms with Crippen LogP contribution in [0.4, 0.5) is 5.69 Å². The SMILES string of the molecule is CCNC(=O)CNC(=O)c1n[nH]c(C)c1N. The van der Waals surface area contributed by atoms with Gasteiger partial charge in [0, 0.05) is 6.54 Å². The van der Waals surface area contributed by atoms with Crippen LogP contribution in [0.3, 0.4) is 0 Å². The van der Waals surface area contributed by atoms with Gasteiger partial charge in [-0.15, -0.1) is 0 Å². The molecule has 0 aliphatic heterocycles. The summed E-state index contributed by atoms with van der Waals surface area (Å²) >= 11 is 0. The molecule has 1 aromatic heterocycles. The van der Waals surface area contributed by atoms with Crippen molar-refractivity contribution in [3.63, 3.8) is 0 Å². The second-order valence-corrected chi connectivity index (χ2v) is 3.25. The van der Waals surface area contributed by atoms with E-state index in [-0.39, 0.29) is 18.1 Å². The summed E-state index contributed by atoms with van der Waals surface area (Å²) in [6.07, 6.45) is 0. The van der Waals surface area contributed by atoms with Gasteiger partial charge in [0.1, 0.15) is 0 Å². The number of hydrogen-bond acceptors (Lipinski definition) is 4. The van der Waals surface area contributed by atoms with Gasteiger partial charge in [-0.2, -0.15) is 5.10 Å². The molecule has 0 aromatic carbocycles.